The van der Waals surface area contributed by atoms with E-state index in [1.165, 1.54) is 0 Å². The number of benzene rings is 1. The molecule has 0 radical (unpaired) electrons. The molecule has 0 spiro atoms. The van der Waals surface area contributed by atoms with Crippen LogP contribution >= 0.6 is 0 Å². The zero-order valence-electron chi connectivity index (χ0n) is 12.7. The number of aryl methyl sites for hydroxylation is 2. The van der Waals surface area contributed by atoms with Crippen LogP contribution in [0.5, 0.6) is 0 Å². The summed E-state index contributed by atoms with van der Waals surface area (Å²) in [6.07, 6.45) is -2.74. The van der Waals surface area contributed by atoms with E-state index in [1.54, 1.807) is 24.5 Å². The average Bonchev–Trinajstić information content (AvgIpc) is 2.52. The highest BCUT2D eigenvalue weighted by Gasteiger charge is 2.29. The molecule has 0 saturated heterocycles. The molecule has 0 bridgehead atoms. The van der Waals surface area contributed by atoms with Gasteiger partial charge in [0, 0.05) is 12.4 Å². The van der Waals surface area contributed by atoms with Gasteiger partial charge in [-0.1, -0.05) is 24.3 Å². The maximum atomic E-state index is 12.8. The second-order valence-electron chi connectivity index (χ2n) is 5.19. The first-order valence-corrected chi connectivity index (χ1v) is 6.99. The van der Waals surface area contributed by atoms with Crippen LogP contribution in [0, 0.1) is 13.8 Å². The van der Waals surface area contributed by atoms with Crippen molar-refractivity contribution in [1.82, 2.24) is 4.98 Å². The molecule has 0 amide bonds. The fraction of sp³-hybridized carbons (Fsp3) is 0.294. The number of hydrogen-bond acceptors (Lipinski definition) is 3. The third-order valence-electron chi connectivity index (χ3n) is 3.40. The molecule has 3 nitrogen and oxygen atoms in total. The molecule has 0 aliphatic heterocycles. The highest BCUT2D eigenvalue weighted by atomic mass is 19.3. The summed E-state index contributed by atoms with van der Waals surface area (Å²) >= 11 is 0. The van der Waals surface area contributed by atoms with Crippen molar-refractivity contribution in [2.75, 3.05) is 0 Å². The van der Waals surface area contributed by atoms with Gasteiger partial charge in [0.2, 0.25) is 0 Å². The van der Waals surface area contributed by atoms with E-state index < -0.39 is 18.6 Å². The summed E-state index contributed by atoms with van der Waals surface area (Å²) in [6, 6.07) is 7.08. The normalized spacial score (nSPS) is 12.3. The summed E-state index contributed by atoms with van der Waals surface area (Å²) in [5.74, 6) is -1.55. The largest absolute Gasteiger partial charge is 0.459 e. The van der Waals surface area contributed by atoms with Gasteiger partial charge in [-0.3, -0.25) is 4.98 Å². The van der Waals surface area contributed by atoms with Crippen LogP contribution in [0.15, 0.2) is 36.7 Å². The minimum Gasteiger partial charge on any atom is -0.459 e. The number of nitrogens with zero attached hydrogens (tertiary/aromatic N) is 1. The molecular formula is C17H16F3NO2. The van der Waals surface area contributed by atoms with Crippen molar-refractivity contribution < 1.29 is 22.7 Å². The van der Waals surface area contributed by atoms with Crippen LogP contribution in [0.3, 0.4) is 0 Å². The lowest BCUT2D eigenvalue weighted by molar-refractivity contribution is -0.156. The highest BCUT2D eigenvalue weighted by Crippen LogP contribution is 2.26. The van der Waals surface area contributed by atoms with Gasteiger partial charge in [0.15, 0.2) is 0 Å². The molecule has 0 aliphatic rings. The number of aromatic nitrogens is 1. The van der Waals surface area contributed by atoms with Crippen molar-refractivity contribution in [2.45, 2.75) is 33.1 Å². The van der Waals surface area contributed by atoms with Crippen molar-refractivity contribution in [1.29, 1.82) is 0 Å². The average molecular weight is 323 g/mol. The summed E-state index contributed by atoms with van der Waals surface area (Å²) in [5, 5.41) is 0. The molecule has 0 N–H and O–H groups in total. The molecule has 2 aromatic rings. The Hall–Kier alpha value is -2.37. The zero-order valence-corrected chi connectivity index (χ0v) is 12.7. The maximum absolute atomic E-state index is 12.8. The van der Waals surface area contributed by atoms with Crippen LogP contribution in [0.2, 0.25) is 0 Å². The van der Waals surface area contributed by atoms with E-state index in [9.17, 15) is 18.0 Å². The molecule has 0 aliphatic carbocycles. The lowest BCUT2D eigenvalue weighted by Crippen LogP contribution is -2.25. The maximum Gasteiger partial charge on any atom is 0.347 e. The van der Waals surface area contributed by atoms with Crippen LogP contribution in [-0.4, -0.2) is 23.6 Å². The number of carbonyl (C=O) groups excluding carboxylic acids is 1. The number of pyridine rings is 1. The summed E-state index contributed by atoms with van der Waals surface area (Å²) in [6.45, 7) is 3.66. The minimum absolute atomic E-state index is 0.249. The van der Waals surface area contributed by atoms with E-state index in [-0.39, 0.29) is 6.61 Å². The number of ether oxygens (including phenoxy) is 1. The third kappa shape index (κ3) is 4.09. The minimum atomic E-state index is -3.37. The third-order valence-corrected chi connectivity index (χ3v) is 3.40. The molecule has 1 heterocycles. The molecule has 6 heteroatoms. The monoisotopic (exact) mass is 323 g/mol. The van der Waals surface area contributed by atoms with Crippen LogP contribution < -0.4 is 0 Å². The number of alkyl halides is 3. The van der Waals surface area contributed by atoms with E-state index in [1.807, 2.05) is 26.0 Å². The Morgan fingerprint density at radius 3 is 2.17 bits per heavy atom. The van der Waals surface area contributed by atoms with Crippen molar-refractivity contribution in [3.8, 4) is 11.1 Å². The molecule has 122 valence electrons. The predicted octanol–water partition coefficient (Wildman–Crippen LogP) is 4.01. The summed E-state index contributed by atoms with van der Waals surface area (Å²) in [5.41, 5.74) is 4.68. The van der Waals surface area contributed by atoms with Crippen molar-refractivity contribution in [3.63, 3.8) is 0 Å². The lowest BCUT2D eigenvalue weighted by atomic mass is 9.97. The van der Waals surface area contributed by atoms with Crippen LogP contribution in [0.4, 0.5) is 13.2 Å². The van der Waals surface area contributed by atoms with Gasteiger partial charge >= 0.3 is 5.97 Å². The summed E-state index contributed by atoms with van der Waals surface area (Å²) in [7, 11) is 0. The topological polar surface area (TPSA) is 39.2 Å². The van der Waals surface area contributed by atoms with Crippen LogP contribution in [0.25, 0.3) is 11.1 Å². The molecule has 2 rings (SSSR count). The van der Waals surface area contributed by atoms with Gasteiger partial charge < -0.3 is 4.74 Å². The highest BCUT2D eigenvalue weighted by molar-refractivity contribution is 5.75. The van der Waals surface area contributed by atoms with Gasteiger partial charge in [-0.25, -0.2) is 18.0 Å². The fourth-order valence-electron chi connectivity index (χ4n) is 2.26. The van der Waals surface area contributed by atoms with Crippen molar-refractivity contribution in [2.24, 2.45) is 0 Å². The van der Waals surface area contributed by atoms with E-state index in [2.05, 4.69) is 9.72 Å². The molecule has 1 aromatic heterocycles. The molecule has 0 fully saturated rings. The van der Waals surface area contributed by atoms with Crippen molar-refractivity contribution in [3.05, 3.63) is 53.3 Å². The van der Waals surface area contributed by atoms with E-state index >= 15 is 0 Å². The Labute approximate surface area is 132 Å². The Morgan fingerprint density at radius 2 is 1.65 bits per heavy atom. The first kappa shape index (κ1) is 17.0. The van der Waals surface area contributed by atoms with Crippen LogP contribution in [0.1, 0.15) is 16.7 Å². The molecule has 1 aromatic carbocycles. The van der Waals surface area contributed by atoms with E-state index in [0.717, 1.165) is 22.3 Å². The number of hydrogen-bond donors (Lipinski definition) is 0. The smallest absolute Gasteiger partial charge is 0.347 e. The predicted molar refractivity (Wildman–Crippen MR) is 79.8 cm³/mol. The SMILES string of the molecule is Cc1cncc(C)c1-c1ccc(COC(=O)C(F)C(F)F)cc1. The Balaban J connectivity index is 2.07. The van der Waals surface area contributed by atoms with Crippen LogP contribution in [-0.2, 0) is 16.1 Å². The summed E-state index contributed by atoms with van der Waals surface area (Å²) < 4.78 is 41.4. The van der Waals surface area contributed by atoms with Gasteiger partial charge in [-0.05, 0) is 41.7 Å². The first-order chi connectivity index (χ1) is 10.9. The molecule has 0 saturated carbocycles. The van der Waals surface area contributed by atoms with Gasteiger partial charge in [-0.15, -0.1) is 0 Å². The molecular weight excluding hydrogens is 307 g/mol. The standard InChI is InChI=1S/C17H16F3NO2/c1-10-7-21-8-11(2)14(10)13-5-3-12(4-6-13)9-23-17(22)15(18)16(19)20/h3-8,15-16H,9H2,1-2H3. The number of rotatable bonds is 5. The first-order valence-electron chi connectivity index (χ1n) is 6.99. The van der Waals surface area contributed by atoms with Gasteiger partial charge in [0.1, 0.15) is 6.61 Å². The van der Waals surface area contributed by atoms with Crippen molar-refractivity contribution >= 4 is 5.97 Å². The zero-order chi connectivity index (χ0) is 17.0. The second-order valence-corrected chi connectivity index (χ2v) is 5.19. The second kappa shape index (κ2) is 7.26. The lowest BCUT2D eigenvalue weighted by Gasteiger charge is -2.11. The van der Waals surface area contributed by atoms with Gasteiger partial charge in [-0.2, -0.15) is 0 Å². The number of halogens is 3. The Bertz CT molecular complexity index is 666. The Morgan fingerprint density at radius 1 is 1.09 bits per heavy atom. The fourth-order valence-corrected chi connectivity index (χ4v) is 2.26. The number of esters is 1. The number of carbonyl (C=O) groups is 1. The Kier molecular flexibility index (Phi) is 5.36. The van der Waals surface area contributed by atoms with E-state index in [0.29, 0.717) is 5.56 Å². The molecule has 1 atom stereocenters. The van der Waals surface area contributed by atoms with Gasteiger partial charge in [0.05, 0.1) is 0 Å². The molecule has 1 unspecified atom stereocenters. The molecule has 23 heavy (non-hydrogen) atoms. The van der Waals surface area contributed by atoms with E-state index in [4.69, 9.17) is 0 Å². The summed E-state index contributed by atoms with van der Waals surface area (Å²) in [4.78, 5) is 15.2. The quantitative estimate of drug-likeness (QED) is 0.780. The van der Waals surface area contributed by atoms with Gasteiger partial charge in [0.25, 0.3) is 12.6 Å².